The predicted octanol–water partition coefficient (Wildman–Crippen LogP) is 3.67. The molecule has 0 radical (unpaired) electrons. The number of nitrogens with zero attached hydrogens (tertiary/aromatic N) is 2. The Bertz CT molecular complexity index is 1500. The highest BCUT2D eigenvalue weighted by atomic mass is 16.6. The van der Waals surface area contributed by atoms with Gasteiger partial charge in [-0.2, -0.15) is 0 Å². The molecular weight excluding hydrogens is 514 g/mol. The van der Waals surface area contributed by atoms with Crippen LogP contribution in [0.4, 0.5) is 11.4 Å². The summed E-state index contributed by atoms with van der Waals surface area (Å²) in [6, 6.07) is 18.7. The molecule has 1 heterocycles. The Kier molecular flexibility index (Phi) is 5.98. The summed E-state index contributed by atoms with van der Waals surface area (Å²) in [6.45, 7) is 2.31. The number of nitro benzene ring substituents is 1. The zero-order valence-corrected chi connectivity index (χ0v) is 21.7. The second kappa shape index (κ2) is 9.41. The van der Waals surface area contributed by atoms with Crippen LogP contribution in [0.15, 0.2) is 66.7 Å². The lowest BCUT2D eigenvalue weighted by molar-refractivity contribution is -0.385. The van der Waals surface area contributed by atoms with Crippen LogP contribution in [-0.4, -0.2) is 46.2 Å². The Morgan fingerprint density at radius 1 is 0.925 bits per heavy atom. The van der Waals surface area contributed by atoms with Gasteiger partial charge in [0.05, 0.1) is 16.8 Å². The van der Waals surface area contributed by atoms with Crippen molar-refractivity contribution in [3.8, 4) is 0 Å². The van der Waals surface area contributed by atoms with E-state index in [2.05, 4.69) is 5.32 Å². The summed E-state index contributed by atoms with van der Waals surface area (Å²) < 4.78 is 5.16. The smallest absolute Gasteiger partial charge is 0.329 e. The van der Waals surface area contributed by atoms with Crippen LogP contribution in [0, 0.1) is 28.9 Å². The molecule has 1 N–H and O–H groups in total. The van der Waals surface area contributed by atoms with Crippen LogP contribution in [0.1, 0.15) is 46.6 Å². The molecule has 0 aromatic heterocycles. The number of aryl methyl sites for hydroxylation is 1. The van der Waals surface area contributed by atoms with Gasteiger partial charge in [-0.3, -0.25) is 29.4 Å². The van der Waals surface area contributed by atoms with Gasteiger partial charge in [0, 0.05) is 29.2 Å². The maximum Gasteiger partial charge on any atom is 0.329 e. The number of benzene rings is 3. The molecule has 0 saturated carbocycles. The molecule has 40 heavy (non-hydrogen) atoms. The number of amides is 3. The van der Waals surface area contributed by atoms with Gasteiger partial charge in [0.2, 0.25) is 11.8 Å². The summed E-state index contributed by atoms with van der Waals surface area (Å²) in [7, 11) is 0. The molecule has 4 aliphatic rings. The van der Waals surface area contributed by atoms with Crippen LogP contribution in [0.5, 0.6) is 0 Å². The van der Waals surface area contributed by atoms with Crippen molar-refractivity contribution < 1.29 is 28.8 Å². The van der Waals surface area contributed by atoms with Crippen LogP contribution in [0.25, 0.3) is 0 Å². The fourth-order valence-electron chi connectivity index (χ4n) is 6.53. The monoisotopic (exact) mass is 539 g/mol. The molecule has 202 valence electrons. The van der Waals surface area contributed by atoms with Gasteiger partial charge in [-0.15, -0.1) is 0 Å². The van der Waals surface area contributed by atoms with E-state index in [1.165, 1.54) is 25.1 Å². The van der Waals surface area contributed by atoms with Gasteiger partial charge < -0.3 is 10.1 Å². The third-order valence-corrected chi connectivity index (χ3v) is 8.25. The highest BCUT2D eigenvalue weighted by Gasteiger charge is 2.62. The number of likely N-dealkylation sites (tertiary alicyclic amines) is 1. The van der Waals surface area contributed by atoms with Crippen molar-refractivity contribution in [3.63, 3.8) is 0 Å². The topological polar surface area (TPSA) is 136 Å². The van der Waals surface area contributed by atoms with Gasteiger partial charge in [-0.1, -0.05) is 54.6 Å². The number of nitrogens with one attached hydrogen (secondary N) is 1. The lowest BCUT2D eigenvalue weighted by atomic mass is 9.55. The second-order valence-electron chi connectivity index (χ2n) is 10.4. The molecule has 0 spiro atoms. The van der Waals surface area contributed by atoms with Crippen molar-refractivity contribution in [2.24, 2.45) is 11.8 Å². The van der Waals surface area contributed by atoms with E-state index in [0.717, 1.165) is 27.2 Å². The highest BCUT2D eigenvalue weighted by Crippen LogP contribution is 2.61. The van der Waals surface area contributed by atoms with E-state index in [1.54, 1.807) is 6.92 Å². The highest BCUT2D eigenvalue weighted by molar-refractivity contribution is 6.10. The number of anilines is 1. The van der Waals surface area contributed by atoms with E-state index in [0.29, 0.717) is 5.56 Å². The number of esters is 1. The van der Waals surface area contributed by atoms with E-state index >= 15 is 0 Å². The molecule has 0 unspecified atom stereocenters. The largest absolute Gasteiger partial charge is 0.454 e. The van der Waals surface area contributed by atoms with Crippen LogP contribution in [0.3, 0.4) is 0 Å². The Morgan fingerprint density at radius 2 is 1.43 bits per heavy atom. The quantitative estimate of drug-likeness (QED) is 0.218. The molecule has 3 amide bonds. The minimum atomic E-state index is -1.23. The Balaban J connectivity index is 1.18. The first-order chi connectivity index (χ1) is 19.2. The molecule has 1 fully saturated rings. The Labute approximate surface area is 229 Å². The van der Waals surface area contributed by atoms with Gasteiger partial charge in [-0.25, -0.2) is 4.79 Å². The molecule has 10 nitrogen and oxygen atoms in total. The van der Waals surface area contributed by atoms with Crippen molar-refractivity contribution in [3.05, 3.63) is 105 Å². The number of carbonyl (C=O) groups excluding carboxylic acids is 4. The van der Waals surface area contributed by atoms with Crippen molar-refractivity contribution in [1.82, 2.24) is 4.90 Å². The first kappa shape index (κ1) is 25.4. The predicted molar refractivity (Wildman–Crippen MR) is 142 cm³/mol. The van der Waals surface area contributed by atoms with E-state index in [1.807, 2.05) is 48.5 Å². The molecule has 1 saturated heterocycles. The van der Waals surface area contributed by atoms with E-state index in [9.17, 15) is 29.3 Å². The third kappa shape index (κ3) is 3.78. The van der Waals surface area contributed by atoms with Gasteiger partial charge in [0.25, 0.3) is 11.6 Å². The zero-order chi connectivity index (χ0) is 28.3. The van der Waals surface area contributed by atoms with E-state index in [-0.39, 0.29) is 23.2 Å². The fourth-order valence-corrected chi connectivity index (χ4v) is 6.53. The molecule has 7 rings (SSSR count). The third-order valence-electron chi connectivity index (χ3n) is 8.25. The molecule has 10 heteroatoms. The van der Waals surface area contributed by atoms with Gasteiger partial charge in [0.15, 0.2) is 6.61 Å². The van der Waals surface area contributed by atoms with E-state index < -0.39 is 53.1 Å². The lowest BCUT2D eigenvalue weighted by Gasteiger charge is -2.45. The molecule has 1 aliphatic heterocycles. The number of hydrogen-bond acceptors (Lipinski definition) is 7. The van der Waals surface area contributed by atoms with Crippen LogP contribution < -0.4 is 5.32 Å². The minimum Gasteiger partial charge on any atom is -0.454 e. The second-order valence-corrected chi connectivity index (χ2v) is 10.4. The lowest BCUT2D eigenvalue weighted by Crippen LogP contribution is -2.45. The van der Waals surface area contributed by atoms with Crippen LogP contribution in [0.2, 0.25) is 0 Å². The van der Waals surface area contributed by atoms with Crippen LogP contribution >= 0.6 is 0 Å². The Hall–Kier alpha value is -4.86. The minimum absolute atomic E-state index is 0.158. The van der Waals surface area contributed by atoms with Crippen molar-refractivity contribution >= 4 is 35.1 Å². The first-order valence-electron chi connectivity index (χ1n) is 12.9. The number of carbonyl (C=O) groups is 4. The molecular formula is C30H25N3O7. The zero-order valence-electron chi connectivity index (χ0n) is 21.7. The number of nitro groups is 1. The maximum atomic E-state index is 13.8. The van der Waals surface area contributed by atoms with Gasteiger partial charge in [-0.05, 0) is 42.2 Å². The van der Waals surface area contributed by atoms with Crippen molar-refractivity contribution in [2.45, 2.75) is 31.7 Å². The van der Waals surface area contributed by atoms with Crippen LogP contribution in [-0.2, 0) is 23.9 Å². The summed E-state index contributed by atoms with van der Waals surface area (Å²) >= 11 is 0. The molecule has 3 aliphatic carbocycles. The maximum absolute atomic E-state index is 13.8. The number of hydrogen-bond donors (Lipinski definition) is 1. The van der Waals surface area contributed by atoms with E-state index in [4.69, 9.17) is 4.74 Å². The van der Waals surface area contributed by atoms with Gasteiger partial charge in [0.1, 0.15) is 6.04 Å². The molecule has 2 bridgehead atoms. The summed E-state index contributed by atoms with van der Waals surface area (Å²) in [5, 5.41) is 13.6. The SMILES string of the molecule is Cc1ccc(NC(=O)COC(=O)[C@H](C)N2C(=O)[C@@H]3C4c5ccccc5C(c5ccccc54)[C@H]3C2=O)cc1[N+](=O)[O-]. The normalized spacial score (nSPS) is 22.7. The molecule has 3 aromatic carbocycles. The molecule has 3 atom stereocenters. The molecule has 3 aromatic rings. The first-order valence-corrected chi connectivity index (χ1v) is 12.9. The standard InChI is InChI=1S/C30H25N3O7/c1-15-11-12-17(13-22(15)33(38)39)31-23(34)14-40-30(37)16(2)32-28(35)26-24-18-7-3-4-8-19(18)25(27(26)29(32)36)21-10-6-5-9-20(21)24/h3-13,16,24-27H,14H2,1-2H3,(H,31,34)/t16-,24?,25?,26+,27+/m0/s1. The van der Waals surface area contributed by atoms with Crippen molar-refractivity contribution in [1.29, 1.82) is 0 Å². The Morgan fingerprint density at radius 3 is 1.90 bits per heavy atom. The average molecular weight is 540 g/mol. The number of imide groups is 1. The van der Waals surface area contributed by atoms with Crippen molar-refractivity contribution in [2.75, 3.05) is 11.9 Å². The average Bonchev–Trinajstić information content (AvgIpc) is 3.22. The summed E-state index contributed by atoms with van der Waals surface area (Å²) in [4.78, 5) is 64.5. The fraction of sp³-hybridized carbons (Fsp3) is 0.267. The summed E-state index contributed by atoms with van der Waals surface area (Å²) in [6.07, 6.45) is 0. The summed E-state index contributed by atoms with van der Waals surface area (Å²) in [5.41, 5.74) is 4.56. The number of ether oxygens (including phenoxy) is 1. The number of rotatable bonds is 6. The van der Waals surface area contributed by atoms with Gasteiger partial charge >= 0.3 is 5.97 Å². The summed E-state index contributed by atoms with van der Waals surface area (Å²) in [5.74, 6) is -4.29.